The number of aromatic nitrogens is 1. The number of H-pyrrole nitrogens is 1. The van der Waals surface area contributed by atoms with E-state index in [-0.39, 0.29) is 10.6 Å². The van der Waals surface area contributed by atoms with Gasteiger partial charge in [0.15, 0.2) is 5.56 Å². The zero-order chi connectivity index (χ0) is 12.4. The molecule has 0 atom stereocenters. The van der Waals surface area contributed by atoms with Gasteiger partial charge in [0.25, 0.3) is 5.56 Å². The van der Waals surface area contributed by atoms with E-state index in [0.29, 0.717) is 10.7 Å². The summed E-state index contributed by atoms with van der Waals surface area (Å²) in [5, 5.41) is 12.1. The highest BCUT2D eigenvalue weighted by Gasteiger charge is 2.10. The Kier molecular flexibility index (Phi) is 3.13. The molecule has 4 nitrogen and oxygen atoms in total. The minimum absolute atomic E-state index is 0.0321. The summed E-state index contributed by atoms with van der Waals surface area (Å²) in [5.41, 5.74) is -0.125. The van der Waals surface area contributed by atoms with Crippen molar-refractivity contribution in [3.05, 3.63) is 45.0 Å². The molecule has 0 spiro atoms. The van der Waals surface area contributed by atoms with E-state index in [4.69, 9.17) is 16.9 Å². The topological polar surface area (TPSA) is 68.7 Å². The van der Waals surface area contributed by atoms with E-state index in [0.717, 1.165) is 17.6 Å². The van der Waals surface area contributed by atoms with Crippen molar-refractivity contribution in [3.8, 4) is 6.07 Å². The van der Waals surface area contributed by atoms with Gasteiger partial charge >= 0.3 is 0 Å². The molecule has 1 heterocycles. The lowest BCUT2D eigenvalue weighted by atomic mass is 10.3. The zero-order valence-electron chi connectivity index (χ0n) is 8.25. The van der Waals surface area contributed by atoms with Gasteiger partial charge in [-0.15, -0.1) is 0 Å². The van der Waals surface area contributed by atoms with Crippen LogP contribution in [0.3, 0.4) is 0 Å². The number of halogens is 2. The summed E-state index contributed by atoms with van der Waals surface area (Å²) < 4.78 is 15.5. The molecule has 7 heteroatoms. The Morgan fingerprint density at radius 2 is 2.24 bits per heavy atom. The summed E-state index contributed by atoms with van der Waals surface area (Å²) in [5.74, 6) is -0.499. The Morgan fingerprint density at radius 3 is 2.88 bits per heavy atom. The SMILES string of the molecule is N#Cc1c(Nc2cc(F)cc(Cl)c2)s[nH]c1=O. The molecule has 0 aliphatic heterocycles. The number of nitriles is 1. The number of nitrogens with one attached hydrogen (secondary N) is 2. The number of nitrogens with zero attached hydrogens (tertiary/aromatic N) is 1. The van der Waals surface area contributed by atoms with Crippen LogP contribution in [-0.2, 0) is 0 Å². The molecule has 0 saturated heterocycles. The smallest absolute Gasteiger partial charge is 0.278 e. The fourth-order valence-corrected chi connectivity index (χ4v) is 2.18. The van der Waals surface area contributed by atoms with Gasteiger partial charge < -0.3 is 5.32 Å². The maximum absolute atomic E-state index is 13.1. The van der Waals surface area contributed by atoms with Gasteiger partial charge in [-0.25, -0.2) is 4.39 Å². The second-order valence-corrected chi connectivity index (χ2v) is 4.39. The number of hydrogen-bond acceptors (Lipinski definition) is 4. The van der Waals surface area contributed by atoms with Crippen molar-refractivity contribution < 1.29 is 4.39 Å². The lowest BCUT2D eigenvalue weighted by molar-refractivity contribution is 0.628. The van der Waals surface area contributed by atoms with E-state index in [1.807, 2.05) is 0 Å². The highest BCUT2D eigenvalue weighted by molar-refractivity contribution is 7.10. The molecule has 0 aliphatic carbocycles. The van der Waals surface area contributed by atoms with Gasteiger partial charge in [0.05, 0.1) is 0 Å². The van der Waals surface area contributed by atoms with Gasteiger partial charge in [0.1, 0.15) is 16.9 Å². The van der Waals surface area contributed by atoms with Crippen molar-refractivity contribution in [2.45, 2.75) is 0 Å². The van der Waals surface area contributed by atoms with Crippen LogP contribution in [0.25, 0.3) is 0 Å². The normalized spacial score (nSPS) is 9.94. The highest BCUT2D eigenvalue weighted by atomic mass is 35.5. The highest BCUT2D eigenvalue weighted by Crippen LogP contribution is 2.25. The molecule has 17 heavy (non-hydrogen) atoms. The Labute approximate surface area is 104 Å². The monoisotopic (exact) mass is 269 g/mol. The molecule has 0 bridgehead atoms. The Hall–Kier alpha value is -1.84. The van der Waals surface area contributed by atoms with Crippen LogP contribution >= 0.6 is 23.1 Å². The lowest BCUT2D eigenvalue weighted by Gasteiger charge is -2.04. The number of rotatable bonds is 2. The molecule has 2 aromatic rings. The first-order valence-corrected chi connectivity index (χ1v) is 5.64. The van der Waals surface area contributed by atoms with E-state index in [9.17, 15) is 9.18 Å². The van der Waals surface area contributed by atoms with Crippen LogP contribution in [0.4, 0.5) is 15.1 Å². The quantitative estimate of drug-likeness (QED) is 0.881. The van der Waals surface area contributed by atoms with E-state index in [1.54, 1.807) is 6.07 Å². The first kappa shape index (κ1) is 11.6. The second-order valence-electron chi connectivity index (χ2n) is 3.13. The third kappa shape index (κ3) is 2.46. The van der Waals surface area contributed by atoms with Crippen LogP contribution in [0.2, 0.25) is 5.02 Å². The molecule has 1 aromatic carbocycles. The molecule has 0 aliphatic rings. The Morgan fingerprint density at radius 1 is 1.47 bits per heavy atom. The molecule has 1 aromatic heterocycles. The summed E-state index contributed by atoms with van der Waals surface area (Å²) in [6.07, 6.45) is 0. The van der Waals surface area contributed by atoms with Crippen LogP contribution in [0.1, 0.15) is 5.56 Å². The first-order chi connectivity index (χ1) is 8.10. The van der Waals surface area contributed by atoms with Gasteiger partial charge in [-0.2, -0.15) is 5.26 Å². The number of anilines is 2. The van der Waals surface area contributed by atoms with Crippen molar-refractivity contribution in [2.75, 3.05) is 5.32 Å². The van der Waals surface area contributed by atoms with Gasteiger partial charge in [0.2, 0.25) is 0 Å². The largest absolute Gasteiger partial charge is 0.345 e. The van der Waals surface area contributed by atoms with Crippen molar-refractivity contribution in [1.29, 1.82) is 5.26 Å². The molecule has 0 saturated carbocycles. The van der Waals surface area contributed by atoms with Crippen LogP contribution in [0.5, 0.6) is 0 Å². The van der Waals surface area contributed by atoms with Crippen LogP contribution in [-0.4, -0.2) is 4.37 Å². The minimum Gasteiger partial charge on any atom is -0.345 e. The van der Waals surface area contributed by atoms with Crippen molar-refractivity contribution >= 4 is 33.8 Å². The predicted molar refractivity (Wildman–Crippen MR) is 64.3 cm³/mol. The fraction of sp³-hybridized carbons (Fsp3) is 0. The van der Waals surface area contributed by atoms with Crippen molar-refractivity contribution in [2.24, 2.45) is 0 Å². The third-order valence-corrected chi connectivity index (χ3v) is 2.95. The molecule has 0 radical (unpaired) electrons. The van der Waals surface area contributed by atoms with Gasteiger partial charge in [-0.05, 0) is 29.7 Å². The molecule has 86 valence electrons. The van der Waals surface area contributed by atoms with Crippen LogP contribution in [0.15, 0.2) is 23.0 Å². The van der Waals surface area contributed by atoms with Gasteiger partial charge in [-0.3, -0.25) is 9.17 Å². The maximum Gasteiger partial charge on any atom is 0.278 e. The standard InChI is InChI=1S/C10H5ClFN3OS/c11-5-1-6(12)3-7(2-5)14-10-8(4-13)9(16)15-17-10/h1-3,14H,(H,15,16). The van der Waals surface area contributed by atoms with Crippen molar-refractivity contribution in [3.63, 3.8) is 0 Å². The summed E-state index contributed by atoms with van der Waals surface area (Å²) in [7, 11) is 0. The molecule has 0 fully saturated rings. The number of aromatic amines is 1. The van der Waals surface area contributed by atoms with E-state index in [2.05, 4.69) is 9.69 Å². The number of benzene rings is 1. The molecule has 2 rings (SSSR count). The van der Waals surface area contributed by atoms with Gasteiger partial charge in [0, 0.05) is 10.7 Å². The van der Waals surface area contributed by atoms with E-state index < -0.39 is 11.4 Å². The van der Waals surface area contributed by atoms with Crippen LogP contribution in [0, 0.1) is 17.1 Å². The first-order valence-electron chi connectivity index (χ1n) is 4.45. The molecule has 0 unspecified atom stereocenters. The number of hydrogen-bond donors (Lipinski definition) is 2. The Balaban J connectivity index is 2.38. The third-order valence-electron chi connectivity index (χ3n) is 1.93. The summed E-state index contributed by atoms with van der Waals surface area (Å²) in [4.78, 5) is 11.2. The zero-order valence-corrected chi connectivity index (χ0v) is 9.82. The molecular weight excluding hydrogens is 265 g/mol. The Bertz CT molecular complexity index is 638. The second kappa shape index (κ2) is 4.57. The van der Waals surface area contributed by atoms with Crippen LogP contribution < -0.4 is 10.9 Å². The van der Waals surface area contributed by atoms with Gasteiger partial charge in [-0.1, -0.05) is 11.6 Å². The maximum atomic E-state index is 13.1. The average Bonchev–Trinajstić information content (AvgIpc) is 2.57. The van der Waals surface area contributed by atoms with E-state index >= 15 is 0 Å². The van der Waals surface area contributed by atoms with Crippen molar-refractivity contribution in [1.82, 2.24) is 4.37 Å². The minimum atomic E-state index is -0.499. The molecular formula is C10H5ClFN3OS. The summed E-state index contributed by atoms with van der Waals surface area (Å²) >= 11 is 6.65. The molecule has 2 N–H and O–H groups in total. The molecule has 0 amide bonds. The summed E-state index contributed by atoms with van der Waals surface area (Å²) in [6.45, 7) is 0. The summed E-state index contributed by atoms with van der Waals surface area (Å²) in [6, 6.07) is 5.65. The predicted octanol–water partition coefficient (Wildman–Crippen LogP) is 2.84. The van der Waals surface area contributed by atoms with E-state index in [1.165, 1.54) is 12.1 Å². The fourth-order valence-electron chi connectivity index (χ4n) is 1.25. The lowest BCUT2D eigenvalue weighted by Crippen LogP contribution is -2.02. The average molecular weight is 270 g/mol.